The molecule has 0 aromatic heterocycles. The molecule has 2 unspecified atom stereocenters. The molecule has 1 aliphatic heterocycles. The molecule has 0 amide bonds. The van der Waals surface area contributed by atoms with E-state index >= 15 is 0 Å². The quantitative estimate of drug-likeness (QED) is 0.594. The largest absolute Gasteiger partial charge is 0.354 e. The lowest BCUT2D eigenvalue weighted by atomic mass is 10.0. The highest BCUT2D eigenvalue weighted by Crippen LogP contribution is 2.40. The molecule has 1 aromatic rings. The van der Waals surface area contributed by atoms with Crippen molar-refractivity contribution in [3.63, 3.8) is 0 Å². The van der Waals surface area contributed by atoms with Crippen LogP contribution in [0.25, 0.3) is 0 Å². The van der Waals surface area contributed by atoms with Gasteiger partial charge < -0.3 is 0 Å². The Balaban J connectivity index is 2.71. The molecule has 2 rings (SSSR count). The molecule has 2 atom stereocenters. The Morgan fingerprint density at radius 1 is 1.08 bits per heavy atom. The van der Waals surface area contributed by atoms with Crippen LogP contribution in [0, 0.1) is 16.0 Å². The summed E-state index contributed by atoms with van der Waals surface area (Å²) in [7, 11) is -3.87. The van der Waals surface area contributed by atoms with Crippen LogP contribution in [0.4, 0.5) is 0 Å². The molecule has 1 aliphatic rings. The van der Waals surface area contributed by atoms with Gasteiger partial charge in [0, 0.05) is 12.1 Å². The lowest BCUT2D eigenvalue weighted by Gasteiger charge is -2.40. The Bertz CT molecular complexity index is 751. The number of nitrogens with zero attached hydrogens (tertiary/aromatic N) is 3. The SMILES string of the molecule is CC(C)N1NC(S(=O)(=O)c2ccccc2)N(C(C)C)C1(C(C)C)[N+](=O)[O-]. The van der Waals surface area contributed by atoms with Crippen LogP contribution in [0.5, 0.6) is 0 Å². The van der Waals surface area contributed by atoms with Crippen molar-refractivity contribution in [2.24, 2.45) is 5.92 Å². The van der Waals surface area contributed by atoms with Crippen molar-refractivity contribution in [3.05, 3.63) is 40.4 Å². The van der Waals surface area contributed by atoms with Gasteiger partial charge in [0.2, 0.25) is 9.84 Å². The monoisotopic (exact) mass is 384 g/mol. The van der Waals surface area contributed by atoms with Crippen molar-refractivity contribution in [2.45, 2.75) is 69.8 Å². The number of hydrogen-bond acceptors (Lipinski definition) is 7. The van der Waals surface area contributed by atoms with Gasteiger partial charge in [-0.2, -0.15) is 9.91 Å². The molecule has 26 heavy (non-hydrogen) atoms. The normalized spacial score (nSPS) is 25.5. The molecule has 0 aliphatic carbocycles. The predicted octanol–water partition coefficient (Wildman–Crippen LogP) is 2.27. The van der Waals surface area contributed by atoms with Gasteiger partial charge in [-0.3, -0.25) is 10.1 Å². The zero-order chi connectivity index (χ0) is 19.9. The molecule has 146 valence electrons. The van der Waals surface area contributed by atoms with Crippen LogP contribution in [0.2, 0.25) is 0 Å². The fourth-order valence-electron chi connectivity index (χ4n) is 3.68. The molecule has 1 heterocycles. The van der Waals surface area contributed by atoms with Crippen molar-refractivity contribution in [1.82, 2.24) is 15.3 Å². The fourth-order valence-corrected chi connectivity index (χ4v) is 5.42. The summed E-state index contributed by atoms with van der Waals surface area (Å²) >= 11 is 0. The van der Waals surface area contributed by atoms with Crippen LogP contribution in [0.15, 0.2) is 35.2 Å². The number of hydrogen-bond donors (Lipinski definition) is 1. The van der Waals surface area contributed by atoms with Gasteiger partial charge in [-0.15, -0.1) is 0 Å². The van der Waals surface area contributed by atoms with E-state index in [1.54, 1.807) is 45.9 Å². The molecule has 1 aromatic carbocycles. The first-order valence-corrected chi connectivity index (χ1v) is 10.3. The van der Waals surface area contributed by atoms with Crippen LogP contribution in [0.3, 0.4) is 0 Å². The Hall–Kier alpha value is -1.55. The predicted molar refractivity (Wildman–Crippen MR) is 99.1 cm³/mol. The lowest BCUT2D eigenvalue weighted by molar-refractivity contribution is -0.641. The van der Waals surface area contributed by atoms with E-state index < -0.39 is 27.0 Å². The second-order valence-corrected chi connectivity index (χ2v) is 9.41. The molecular weight excluding hydrogens is 356 g/mol. The first kappa shape index (κ1) is 20.8. The molecule has 1 N–H and O–H groups in total. The van der Waals surface area contributed by atoms with Crippen molar-refractivity contribution >= 4 is 9.84 Å². The summed E-state index contributed by atoms with van der Waals surface area (Å²) in [5.41, 5.74) is 1.72. The maximum atomic E-state index is 13.3. The van der Waals surface area contributed by atoms with Crippen LogP contribution >= 0.6 is 0 Å². The number of benzene rings is 1. The van der Waals surface area contributed by atoms with E-state index in [0.29, 0.717) is 0 Å². The maximum Gasteiger partial charge on any atom is 0.354 e. The second kappa shape index (κ2) is 7.22. The molecule has 1 saturated heterocycles. The standard InChI is InChI=1S/C17H28N4O4S/c1-12(2)17(21(22)23)19(13(3)4)16(18-20(17)14(5)6)26(24,25)15-10-8-7-9-11-15/h7-14,16,18H,1-6H3. The van der Waals surface area contributed by atoms with Gasteiger partial charge in [0.15, 0.2) is 5.50 Å². The van der Waals surface area contributed by atoms with E-state index in [1.807, 2.05) is 13.8 Å². The topological polar surface area (TPSA) is 95.8 Å². The summed E-state index contributed by atoms with van der Waals surface area (Å²) in [4.78, 5) is 13.5. The van der Waals surface area contributed by atoms with Crippen LogP contribution in [-0.4, -0.2) is 46.6 Å². The molecule has 0 bridgehead atoms. The van der Waals surface area contributed by atoms with Crippen molar-refractivity contribution in [3.8, 4) is 0 Å². The van der Waals surface area contributed by atoms with E-state index in [-0.39, 0.29) is 21.9 Å². The number of rotatable bonds is 6. The molecule has 0 spiro atoms. The third-order valence-corrected chi connectivity index (χ3v) is 6.57. The summed E-state index contributed by atoms with van der Waals surface area (Å²) < 4.78 is 26.6. The molecule has 0 saturated carbocycles. The summed E-state index contributed by atoms with van der Waals surface area (Å²) in [5.74, 6) is -2.12. The first-order chi connectivity index (χ1) is 12.0. The van der Waals surface area contributed by atoms with Crippen molar-refractivity contribution in [1.29, 1.82) is 0 Å². The van der Waals surface area contributed by atoms with Gasteiger partial charge >= 0.3 is 5.79 Å². The van der Waals surface area contributed by atoms with E-state index in [2.05, 4.69) is 5.43 Å². The van der Waals surface area contributed by atoms with Gasteiger partial charge in [-0.05, 0) is 39.8 Å². The molecule has 9 heteroatoms. The zero-order valence-corrected chi connectivity index (χ0v) is 16.9. The van der Waals surface area contributed by atoms with Crippen molar-refractivity contribution in [2.75, 3.05) is 0 Å². The summed E-state index contributed by atoms with van der Waals surface area (Å²) in [6, 6.07) is 7.39. The van der Waals surface area contributed by atoms with E-state index in [0.717, 1.165) is 0 Å². The highest BCUT2D eigenvalue weighted by atomic mass is 32.2. The minimum absolute atomic E-state index is 0.134. The van der Waals surface area contributed by atoms with Gasteiger partial charge in [0.25, 0.3) is 0 Å². The zero-order valence-electron chi connectivity index (χ0n) is 16.1. The third kappa shape index (κ3) is 3.02. The van der Waals surface area contributed by atoms with Crippen LogP contribution in [-0.2, 0) is 9.84 Å². The number of nitro groups is 1. The smallest absolute Gasteiger partial charge is 0.261 e. The molecule has 0 radical (unpaired) electrons. The summed E-state index contributed by atoms with van der Waals surface area (Å²) in [5, 5.41) is 13.8. The Morgan fingerprint density at radius 3 is 2.00 bits per heavy atom. The Kier molecular flexibility index (Phi) is 5.77. The summed E-state index contributed by atoms with van der Waals surface area (Å²) in [6.45, 7) is 10.7. The average molecular weight is 385 g/mol. The second-order valence-electron chi connectivity index (χ2n) is 7.40. The molecule has 1 fully saturated rings. The van der Waals surface area contributed by atoms with Gasteiger partial charge in [-0.25, -0.2) is 13.8 Å². The van der Waals surface area contributed by atoms with Crippen LogP contribution in [0.1, 0.15) is 41.5 Å². The van der Waals surface area contributed by atoms with E-state index in [1.165, 1.54) is 22.0 Å². The highest BCUT2D eigenvalue weighted by molar-refractivity contribution is 7.92. The summed E-state index contributed by atoms with van der Waals surface area (Å²) in [6.07, 6.45) is 0. The molecule has 8 nitrogen and oxygen atoms in total. The average Bonchev–Trinajstić information content (AvgIpc) is 2.94. The fraction of sp³-hybridized carbons (Fsp3) is 0.647. The number of sulfone groups is 1. The van der Waals surface area contributed by atoms with Crippen molar-refractivity contribution < 1.29 is 13.3 Å². The van der Waals surface area contributed by atoms with E-state index in [9.17, 15) is 18.5 Å². The van der Waals surface area contributed by atoms with Gasteiger partial charge in [-0.1, -0.05) is 32.0 Å². The number of nitrogens with one attached hydrogen (secondary N) is 1. The van der Waals surface area contributed by atoms with Gasteiger partial charge in [0.1, 0.15) is 0 Å². The van der Waals surface area contributed by atoms with Crippen LogP contribution < -0.4 is 5.43 Å². The molecular formula is C17H28N4O4S. The third-order valence-electron chi connectivity index (χ3n) is 4.72. The Labute approximate surface area is 155 Å². The maximum absolute atomic E-state index is 13.3. The first-order valence-electron chi connectivity index (χ1n) is 8.76. The van der Waals surface area contributed by atoms with Gasteiger partial charge in [0.05, 0.1) is 15.7 Å². The minimum Gasteiger partial charge on any atom is -0.261 e. The van der Waals surface area contributed by atoms with E-state index in [4.69, 9.17) is 0 Å². The number of hydrazine groups is 1. The highest BCUT2D eigenvalue weighted by Gasteiger charge is 2.68. The lowest BCUT2D eigenvalue weighted by Crippen LogP contribution is -2.67. The minimum atomic E-state index is -3.87. The Morgan fingerprint density at radius 2 is 1.62 bits per heavy atom.